The van der Waals surface area contributed by atoms with E-state index in [1.54, 1.807) is 0 Å². The van der Waals surface area contributed by atoms with Gasteiger partial charge in [0, 0.05) is 20.4 Å². The second kappa shape index (κ2) is 9.11. The molecule has 6 heavy (non-hydrogen) atoms. The van der Waals surface area contributed by atoms with Crippen molar-refractivity contribution in [2.24, 2.45) is 0 Å². The summed E-state index contributed by atoms with van der Waals surface area (Å²) in [7, 11) is 2.73. The van der Waals surface area contributed by atoms with Crippen molar-refractivity contribution in [3.8, 4) is 0 Å². The Balaban J connectivity index is 0. The molecule has 0 rings (SSSR count). The zero-order valence-electron chi connectivity index (χ0n) is 3.60. The number of hydrogen-bond acceptors (Lipinski definition) is 3. The van der Waals surface area contributed by atoms with Gasteiger partial charge in [0.15, 0.2) is 0 Å². The van der Waals surface area contributed by atoms with Gasteiger partial charge in [-0.2, -0.15) is 0 Å². The van der Waals surface area contributed by atoms with E-state index in [-0.39, 0.29) is 20.4 Å². The normalized spacial score (nSPS) is 7.00. The van der Waals surface area contributed by atoms with E-state index in [4.69, 9.17) is 0 Å². The van der Waals surface area contributed by atoms with E-state index in [1.807, 2.05) is 0 Å². The minimum atomic E-state index is 0. The summed E-state index contributed by atoms with van der Waals surface area (Å²) in [5.74, 6) is 0. The Labute approximate surface area is 50.1 Å². The fourth-order valence-electron chi connectivity index (χ4n) is 0.0680. The molecule has 3 nitrogen and oxygen atoms in total. The molecule has 1 radical (unpaired) electrons. The molecule has 0 bridgehead atoms. The molecule has 0 saturated carbocycles. The summed E-state index contributed by atoms with van der Waals surface area (Å²) in [4.78, 5) is 7.94. The third-order valence-electron chi connectivity index (χ3n) is 0.136. The molecule has 0 atom stereocenters. The first-order chi connectivity index (χ1) is 2.41. The molecule has 4 heteroatoms. The third kappa shape index (κ3) is 8.82. The maximum absolute atomic E-state index is 3.97. The van der Waals surface area contributed by atoms with Crippen molar-refractivity contribution < 1.29 is 35.2 Å². The monoisotopic (exact) mass is 265 g/mol. The van der Waals surface area contributed by atoms with Crippen LogP contribution in [-0.2, 0) is 35.2 Å². The second-order valence-corrected chi connectivity index (χ2v) is 0.401. The maximum Gasteiger partial charge on any atom is 0.0744 e. The molecule has 0 aliphatic heterocycles. The second-order valence-electron chi connectivity index (χ2n) is 0.401. The standard InChI is InChI=1S/C2H6O3.Re/c1-3-5-4-2;/h1-2H3;. The predicted molar refractivity (Wildman–Crippen MR) is 15.1 cm³/mol. The van der Waals surface area contributed by atoms with E-state index in [2.05, 4.69) is 14.8 Å². The first-order valence-corrected chi connectivity index (χ1v) is 1.15. The third-order valence-corrected chi connectivity index (χ3v) is 0.136. The zero-order chi connectivity index (χ0) is 4.12. The molecule has 0 unspecified atom stereocenters. The molecule has 0 fully saturated rings. The molecule has 0 aliphatic carbocycles. The fraction of sp³-hybridized carbons (Fsp3) is 1.00. The Morgan fingerprint density at radius 3 is 1.33 bits per heavy atom. The van der Waals surface area contributed by atoms with Crippen LogP contribution < -0.4 is 0 Å². The van der Waals surface area contributed by atoms with Crippen molar-refractivity contribution in [2.75, 3.05) is 14.2 Å². The Hall–Kier alpha value is 0.542. The Kier molecular flexibility index (Phi) is 14.8. The summed E-state index contributed by atoms with van der Waals surface area (Å²) in [6.45, 7) is 0. The molecule has 0 aromatic heterocycles. The van der Waals surface area contributed by atoms with Gasteiger partial charge >= 0.3 is 0 Å². The van der Waals surface area contributed by atoms with Crippen molar-refractivity contribution in [2.45, 2.75) is 0 Å². The maximum atomic E-state index is 3.97. The van der Waals surface area contributed by atoms with E-state index >= 15 is 0 Å². The molecular formula is C2H6O3Re. The van der Waals surface area contributed by atoms with Gasteiger partial charge in [-0.3, -0.25) is 0 Å². The average Bonchev–Trinajstić information content (AvgIpc) is 1.41. The van der Waals surface area contributed by atoms with Crippen LogP contribution in [0.1, 0.15) is 0 Å². The van der Waals surface area contributed by atoms with E-state index in [1.165, 1.54) is 14.2 Å². The first-order valence-electron chi connectivity index (χ1n) is 1.15. The summed E-state index contributed by atoms with van der Waals surface area (Å²) in [5.41, 5.74) is 0. The molecule has 0 spiro atoms. The van der Waals surface area contributed by atoms with Crippen LogP contribution in [0.2, 0.25) is 0 Å². The van der Waals surface area contributed by atoms with Crippen LogP contribution in [-0.4, -0.2) is 14.2 Å². The van der Waals surface area contributed by atoms with Gasteiger partial charge in [-0.1, -0.05) is 5.04 Å². The van der Waals surface area contributed by atoms with Crippen LogP contribution in [0.5, 0.6) is 0 Å². The number of rotatable bonds is 2. The van der Waals surface area contributed by atoms with Crippen molar-refractivity contribution in [3.05, 3.63) is 0 Å². The average molecular weight is 264 g/mol. The Morgan fingerprint density at radius 1 is 1.00 bits per heavy atom. The molecule has 0 aromatic carbocycles. The van der Waals surface area contributed by atoms with Gasteiger partial charge in [-0.15, -0.1) is 0 Å². The van der Waals surface area contributed by atoms with E-state index < -0.39 is 0 Å². The predicted octanol–water partition coefficient (Wildman–Crippen LogP) is 0.123. The van der Waals surface area contributed by atoms with Crippen molar-refractivity contribution in [1.82, 2.24) is 0 Å². The Morgan fingerprint density at radius 2 is 1.33 bits per heavy atom. The van der Waals surface area contributed by atoms with Crippen molar-refractivity contribution >= 4 is 0 Å². The molecule has 0 saturated heterocycles. The molecule has 0 N–H and O–H groups in total. The van der Waals surface area contributed by atoms with Gasteiger partial charge < -0.3 is 0 Å². The van der Waals surface area contributed by atoms with Crippen LogP contribution in [0.4, 0.5) is 0 Å². The minimum Gasteiger partial charge on any atom is -0.210 e. The minimum absolute atomic E-state index is 0. The summed E-state index contributed by atoms with van der Waals surface area (Å²) in [6, 6.07) is 0. The molecule has 0 aliphatic rings. The van der Waals surface area contributed by atoms with Crippen LogP contribution in [0, 0.1) is 0 Å². The molecule has 0 heterocycles. The van der Waals surface area contributed by atoms with Gasteiger partial charge in [0.05, 0.1) is 14.2 Å². The van der Waals surface area contributed by atoms with Crippen LogP contribution in [0.3, 0.4) is 0 Å². The topological polar surface area (TPSA) is 27.7 Å². The van der Waals surface area contributed by atoms with Gasteiger partial charge in [0.1, 0.15) is 0 Å². The Bertz CT molecular complexity index is 16.3. The van der Waals surface area contributed by atoms with Crippen LogP contribution in [0.15, 0.2) is 0 Å². The smallest absolute Gasteiger partial charge is 0.0744 e. The van der Waals surface area contributed by atoms with E-state index in [0.717, 1.165) is 0 Å². The van der Waals surface area contributed by atoms with Gasteiger partial charge in [0.25, 0.3) is 0 Å². The molecule has 39 valence electrons. The SMILES string of the molecule is COOOC.[Re]. The summed E-state index contributed by atoms with van der Waals surface area (Å²) >= 11 is 0. The quantitative estimate of drug-likeness (QED) is 0.524. The van der Waals surface area contributed by atoms with E-state index in [0.29, 0.717) is 0 Å². The van der Waals surface area contributed by atoms with Gasteiger partial charge in [-0.25, -0.2) is 9.78 Å². The first kappa shape index (κ1) is 9.74. The van der Waals surface area contributed by atoms with E-state index in [9.17, 15) is 0 Å². The summed E-state index contributed by atoms with van der Waals surface area (Å²) in [5, 5.41) is 3.83. The molecule has 0 amide bonds. The van der Waals surface area contributed by atoms with Crippen molar-refractivity contribution in [1.29, 1.82) is 0 Å². The largest absolute Gasteiger partial charge is 0.210 e. The van der Waals surface area contributed by atoms with Crippen LogP contribution >= 0.6 is 0 Å². The number of hydrogen-bond donors (Lipinski definition) is 0. The van der Waals surface area contributed by atoms with Gasteiger partial charge in [0.2, 0.25) is 0 Å². The molecular weight excluding hydrogens is 258 g/mol. The van der Waals surface area contributed by atoms with Crippen LogP contribution in [0.25, 0.3) is 0 Å². The summed E-state index contributed by atoms with van der Waals surface area (Å²) < 4.78 is 0. The molecule has 0 aromatic rings. The van der Waals surface area contributed by atoms with Gasteiger partial charge in [-0.05, 0) is 0 Å². The summed E-state index contributed by atoms with van der Waals surface area (Å²) in [6.07, 6.45) is 0. The zero-order valence-corrected chi connectivity index (χ0v) is 6.32. The van der Waals surface area contributed by atoms with Crippen molar-refractivity contribution in [3.63, 3.8) is 0 Å². The fourth-order valence-corrected chi connectivity index (χ4v) is 0.0680.